The summed E-state index contributed by atoms with van der Waals surface area (Å²) in [5, 5.41) is 0.449. The third-order valence-corrected chi connectivity index (χ3v) is 3.48. The summed E-state index contributed by atoms with van der Waals surface area (Å²) in [5.41, 5.74) is 7.64. The third kappa shape index (κ3) is 2.01. The number of nitrogens with two attached hydrogens (primary N) is 1. The van der Waals surface area contributed by atoms with Crippen LogP contribution in [0.4, 0.5) is 5.69 Å². The molecular formula is C17H14N2O2. The molecule has 0 saturated heterocycles. The van der Waals surface area contributed by atoms with E-state index in [1.54, 1.807) is 24.3 Å². The first kappa shape index (κ1) is 13.1. The summed E-state index contributed by atoms with van der Waals surface area (Å²) in [6.07, 6.45) is 0. The van der Waals surface area contributed by atoms with Crippen molar-refractivity contribution in [3.05, 3.63) is 64.8 Å². The fraction of sp³-hybridized carbons (Fsp3) is 0.0588. The molecule has 1 aromatic heterocycles. The van der Waals surface area contributed by atoms with Crippen LogP contribution in [-0.4, -0.2) is 10.5 Å². The zero-order chi connectivity index (χ0) is 15.0. The molecule has 3 aromatic rings. The number of fused-ring (bicyclic) bond motifs is 1. The molecule has 0 saturated carbocycles. The quantitative estimate of drug-likeness (QED) is 0.744. The predicted octanol–water partition coefficient (Wildman–Crippen LogP) is 2.91. The highest BCUT2D eigenvalue weighted by atomic mass is 16.2. The van der Waals surface area contributed by atoms with Crippen molar-refractivity contribution in [2.75, 3.05) is 5.73 Å². The van der Waals surface area contributed by atoms with E-state index < -0.39 is 0 Å². The number of aromatic nitrogens is 1. The monoisotopic (exact) mass is 278 g/mol. The van der Waals surface area contributed by atoms with Gasteiger partial charge in [0.15, 0.2) is 0 Å². The largest absolute Gasteiger partial charge is 0.394 e. The van der Waals surface area contributed by atoms with Crippen molar-refractivity contribution in [1.82, 2.24) is 4.57 Å². The lowest BCUT2D eigenvalue weighted by molar-refractivity contribution is 0.0943. The van der Waals surface area contributed by atoms with Gasteiger partial charge in [0.05, 0.1) is 11.2 Å². The zero-order valence-electron chi connectivity index (χ0n) is 11.5. The molecule has 0 aliphatic carbocycles. The van der Waals surface area contributed by atoms with Gasteiger partial charge in [-0.05, 0) is 12.1 Å². The number of nitrogens with zero attached hydrogens (tertiary/aromatic N) is 1. The van der Waals surface area contributed by atoms with Crippen LogP contribution in [0.25, 0.3) is 22.2 Å². The van der Waals surface area contributed by atoms with Gasteiger partial charge in [-0.15, -0.1) is 0 Å². The summed E-state index contributed by atoms with van der Waals surface area (Å²) in [6.45, 7) is 1.46. The molecule has 21 heavy (non-hydrogen) atoms. The van der Waals surface area contributed by atoms with Crippen molar-refractivity contribution in [3.8, 4) is 11.3 Å². The van der Waals surface area contributed by atoms with E-state index in [4.69, 9.17) is 5.73 Å². The van der Waals surface area contributed by atoms with Gasteiger partial charge in [0.1, 0.15) is 5.69 Å². The minimum Gasteiger partial charge on any atom is -0.394 e. The number of carbonyl (C=O) groups excluding carboxylic acids is 1. The number of carbonyl (C=O) groups is 1. The lowest BCUT2D eigenvalue weighted by Crippen LogP contribution is -2.20. The standard InChI is InChI=1S/C17H14N2O2/c1-11(20)19-14-10-6-5-9-13(14)17(21)15(18)16(19)12-7-3-2-4-8-12/h2-10H,18H2,1H3. The lowest BCUT2D eigenvalue weighted by atomic mass is 10.1. The summed E-state index contributed by atoms with van der Waals surface area (Å²) in [7, 11) is 0. The van der Waals surface area contributed by atoms with Crippen LogP contribution < -0.4 is 11.2 Å². The van der Waals surface area contributed by atoms with E-state index in [9.17, 15) is 9.59 Å². The molecule has 0 aliphatic rings. The van der Waals surface area contributed by atoms with Crippen molar-refractivity contribution in [2.45, 2.75) is 6.92 Å². The molecule has 0 unspecified atom stereocenters. The molecule has 3 rings (SSSR count). The number of pyridine rings is 1. The molecule has 0 amide bonds. The highest BCUT2D eigenvalue weighted by molar-refractivity contribution is 5.98. The van der Waals surface area contributed by atoms with Gasteiger partial charge in [-0.3, -0.25) is 14.2 Å². The maximum Gasteiger partial charge on any atom is 0.228 e. The summed E-state index contributed by atoms with van der Waals surface area (Å²) < 4.78 is 1.50. The van der Waals surface area contributed by atoms with E-state index in [0.717, 1.165) is 5.56 Å². The van der Waals surface area contributed by atoms with Crippen molar-refractivity contribution in [1.29, 1.82) is 0 Å². The summed E-state index contributed by atoms with van der Waals surface area (Å²) >= 11 is 0. The molecule has 1 heterocycles. The van der Waals surface area contributed by atoms with Gasteiger partial charge < -0.3 is 5.73 Å². The lowest BCUT2D eigenvalue weighted by Gasteiger charge is -2.16. The molecule has 2 aromatic carbocycles. The first-order chi connectivity index (χ1) is 10.1. The van der Waals surface area contributed by atoms with Crippen molar-refractivity contribution in [3.63, 3.8) is 0 Å². The Hall–Kier alpha value is -2.88. The Labute approximate surface area is 121 Å². The molecule has 0 aliphatic heterocycles. The molecule has 0 fully saturated rings. The van der Waals surface area contributed by atoms with Crippen LogP contribution in [0.3, 0.4) is 0 Å². The number of para-hydroxylation sites is 1. The number of benzene rings is 2. The van der Waals surface area contributed by atoms with Crippen molar-refractivity contribution < 1.29 is 4.79 Å². The van der Waals surface area contributed by atoms with E-state index >= 15 is 0 Å². The highest BCUT2D eigenvalue weighted by Gasteiger charge is 2.18. The van der Waals surface area contributed by atoms with E-state index in [2.05, 4.69) is 0 Å². The molecule has 4 nitrogen and oxygen atoms in total. The Morgan fingerprint density at radius 1 is 1.00 bits per heavy atom. The average molecular weight is 278 g/mol. The van der Waals surface area contributed by atoms with Gasteiger partial charge in [-0.25, -0.2) is 0 Å². The molecule has 2 N–H and O–H groups in total. The number of rotatable bonds is 1. The molecule has 4 heteroatoms. The van der Waals surface area contributed by atoms with Crippen LogP contribution in [-0.2, 0) is 0 Å². The highest BCUT2D eigenvalue weighted by Crippen LogP contribution is 2.27. The Morgan fingerprint density at radius 2 is 1.62 bits per heavy atom. The number of hydrogen-bond acceptors (Lipinski definition) is 3. The predicted molar refractivity (Wildman–Crippen MR) is 84.4 cm³/mol. The fourth-order valence-electron chi connectivity index (χ4n) is 2.56. The van der Waals surface area contributed by atoms with E-state index in [1.807, 2.05) is 30.3 Å². The first-order valence-electron chi connectivity index (χ1n) is 6.61. The SMILES string of the molecule is CC(=O)n1c(-c2ccccc2)c(N)c(=O)c2ccccc21. The minimum absolute atomic E-state index is 0.0927. The van der Waals surface area contributed by atoms with E-state index in [-0.39, 0.29) is 17.0 Å². The van der Waals surface area contributed by atoms with Gasteiger partial charge in [0.25, 0.3) is 0 Å². The molecular weight excluding hydrogens is 264 g/mol. The number of hydrogen-bond donors (Lipinski definition) is 1. The maximum absolute atomic E-state index is 12.4. The van der Waals surface area contributed by atoms with Crippen molar-refractivity contribution in [2.24, 2.45) is 0 Å². The van der Waals surface area contributed by atoms with Gasteiger partial charge in [0, 0.05) is 17.9 Å². The van der Waals surface area contributed by atoms with Crippen molar-refractivity contribution >= 4 is 22.5 Å². The van der Waals surface area contributed by atoms with Crippen LogP contribution >= 0.6 is 0 Å². The Balaban J connectivity index is 2.55. The normalized spacial score (nSPS) is 10.7. The summed E-state index contributed by atoms with van der Waals surface area (Å²) in [5.74, 6) is -0.184. The van der Waals surface area contributed by atoms with Crippen LogP contribution in [0.5, 0.6) is 0 Å². The summed E-state index contributed by atoms with van der Waals surface area (Å²) in [6, 6.07) is 16.2. The van der Waals surface area contributed by atoms with Gasteiger partial charge in [0.2, 0.25) is 11.3 Å². The minimum atomic E-state index is -0.248. The molecule has 0 bridgehead atoms. The third-order valence-electron chi connectivity index (χ3n) is 3.48. The molecule has 0 atom stereocenters. The van der Waals surface area contributed by atoms with Crippen LogP contribution in [0.15, 0.2) is 59.4 Å². The van der Waals surface area contributed by atoms with Gasteiger partial charge in [-0.1, -0.05) is 42.5 Å². The van der Waals surface area contributed by atoms with Crippen LogP contribution in [0.1, 0.15) is 11.7 Å². The average Bonchev–Trinajstić information content (AvgIpc) is 2.51. The Kier molecular flexibility index (Phi) is 3.06. The van der Waals surface area contributed by atoms with Gasteiger partial charge >= 0.3 is 0 Å². The van der Waals surface area contributed by atoms with E-state index in [0.29, 0.717) is 16.6 Å². The second kappa shape index (κ2) is 4.90. The second-order valence-corrected chi connectivity index (χ2v) is 4.83. The Morgan fingerprint density at radius 3 is 2.29 bits per heavy atom. The number of nitrogen functional groups attached to an aromatic ring is 1. The second-order valence-electron chi connectivity index (χ2n) is 4.83. The Bertz CT molecular complexity index is 896. The topological polar surface area (TPSA) is 65.1 Å². The fourth-order valence-corrected chi connectivity index (χ4v) is 2.56. The number of anilines is 1. The summed E-state index contributed by atoms with van der Waals surface area (Å²) in [4.78, 5) is 24.6. The molecule has 0 radical (unpaired) electrons. The van der Waals surface area contributed by atoms with Crippen LogP contribution in [0, 0.1) is 0 Å². The zero-order valence-corrected chi connectivity index (χ0v) is 11.5. The first-order valence-corrected chi connectivity index (χ1v) is 6.61. The molecule has 0 spiro atoms. The molecule has 104 valence electrons. The van der Waals surface area contributed by atoms with Crippen LogP contribution in [0.2, 0.25) is 0 Å². The van der Waals surface area contributed by atoms with Gasteiger partial charge in [-0.2, -0.15) is 0 Å². The smallest absolute Gasteiger partial charge is 0.228 e. The maximum atomic E-state index is 12.4. The van der Waals surface area contributed by atoms with E-state index in [1.165, 1.54) is 11.5 Å².